The Kier molecular flexibility index (Phi) is 4.29. The standard InChI is InChI=1S/C15H16N2O5S/c18-15(19)9-11-10-22-8-7-17(11)23(20,21)14-5-1-4-13-12(14)3-2-6-16-13/h1-6,11H,7-10H2,(H,18,19). The van der Waals surface area contributed by atoms with E-state index in [4.69, 9.17) is 9.84 Å². The summed E-state index contributed by atoms with van der Waals surface area (Å²) in [7, 11) is -3.83. The monoisotopic (exact) mass is 336 g/mol. The van der Waals surface area contributed by atoms with Crippen LogP contribution in [0.2, 0.25) is 0 Å². The van der Waals surface area contributed by atoms with Gasteiger partial charge in [0.1, 0.15) is 0 Å². The summed E-state index contributed by atoms with van der Waals surface area (Å²) in [6, 6.07) is 7.56. The highest BCUT2D eigenvalue weighted by Crippen LogP contribution is 2.27. The first-order valence-corrected chi connectivity index (χ1v) is 8.59. The van der Waals surface area contributed by atoms with Gasteiger partial charge in [0.2, 0.25) is 10.0 Å². The first-order chi connectivity index (χ1) is 11.0. The fraction of sp³-hybridized carbons (Fsp3) is 0.333. The molecule has 1 aromatic carbocycles. The van der Waals surface area contributed by atoms with Crippen LogP contribution in [0.25, 0.3) is 10.9 Å². The van der Waals surface area contributed by atoms with Crippen molar-refractivity contribution in [2.45, 2.75) is 17.4 Å². The van der Waals surface area contributed by atoms with Crippen molar-refractivity contribution in [3.8, 4) is 0 Å². The molecule has 1 N–H and O–H groups in total. The molecule has 1 saturated heterocycles. The van der Waals surface area contributed by atoms with E-state index in [0.29, 0.717) is 10.9 Å². The second-order valence-electron chi connectivity index (χ2n) is 5.27. The van der Waals surface area contributed by atoms with Crippen molar-refractivity contribution in [1.29, 1.82) is 0 Å². The van der Waals surface area contributed by atoms with Gasteiger partial charge in [-0.2, -0.15) is 4.31 Å². The van der Waals surface area contributed by atoms with E-state index in [1.54, 1.807) is 30.5 Å². The number of carboxylic acids is 1. The molecule has 1 fully saturated rings. The summed E-state index contributed by atoms with van der Waals surface area (Å²) in [5.74, 6) is -1.06. The molecule has 0 bridgehead atoms. The third-order valence-electron chi connectivity index (χ3n) is 3.78. The Labute approximate surface area is 133 Å². The number of rotatable bonds is 4. The molecule has 1 aliphatic heterocycles. The molecule has 1 aliphatic rings. The quantitative estimate of drug-likeness (QED) is 0.898. The molecule has 122 valence electrons. The third-order valence-corrected chi connectivity index (χ3v) is 5.79. The molecule has 2 heterocycles. The normalized spacial score (nSPS) is 19.7. The Morgan fingerprint density at radius 3 is 2.96 bits per heavy atom. The van der Waals surface area contributed by atoms with Gasteiger partial charge in [0.05, 0.1) is 36.1 Å². The van der Waals surface area contributed by atoms with Crippen LogP contribution in [0.1, 0.15) is 6.42 Å². The lowest BCUT2D eigenvalue weighted by atomic mass is 10.2. The van der Waals surface area contributed by atoms with Gasteiger partial charge in [0.25, 0.3) is 0 Å². The topological polar surface area (TPSA) is 96.8 Å². The molecule has 0 amide bonds. The molecule has 0 saturated carbocycles. The number of hydrogen-bond donors (Lipinski definition) is 1. The first-order valence-electron chi connectivity index (χ1n) is 7.15. The summed E-state index contributed by atoms with van der Waals surface area (Å²) in [5.41, 5.74) is 0.580. The Morgan fingerprint density at radius 2 is 2.17 bits per heavy atom. The maximum Gasteiger partial charge on any atom is 0.305 e. The molecular formula is C15H16N2O5S. The summed E-state index contributed by atoms with van der Waals surface area (Å²) >= 11 is 0. The molecule has 1 atom stereocenters. The molecule has 0 aliphatic carbocycles. The lowest BCUT2D eigenvalue weighted by Gasteiger charge is -2.33. The molecule has 1 unspecified atom stereocenters. The van der Waals surface area contributed by atoms with Crippen LogP contribution in [0.5, 0.6) is 0 Å². The molecule has 0 radical (unpaired) electrons. The van der Waals surface area contributed by atoms with E-state index in [1.807, 2.05) is 0 Å². The fourth-order valence-corrected chi connectivity index (χ4v) is 4.54. The largest absolute Gasteiger partial charge is 0.481 e. The SMILES string of the molecule is O=C(O)CC1COCCN1S(=O)(=O)c1cccc2ncccc12. The zero-order valence-corrected chi connectivity index (χ0v) is 13.1. The number of carboxylic acid groups (broad SMARTS) is 1. The highest BCUT2D eigenvalue weighted by molar-refractivity contribution is 7.89. The van der Waals surface area contributed by atoms with Gasteiger partial charge in [-0.15, -0.1) is 0 Å². The van der Waals surface area contributed by atoms with E-state index in [9.17, 15) is 13.2 Å². The molecule has 2 aromatic rings. The van der Waals surface area contributed by atoms with Crippen molar-refractivity contribution in [2.75, 3.05) is 19.8 Å². The van der Waals surface area contributed by atoms with Crippen LogP contribution in [0.15, 0.2) is 41.4 Å². The summed E-state index contributed by atoms with van der Waals surface area (Å²) in [4.78, 5) is 15.3. The minimum atomic E-state index is -3.83. The van der Waals surface area contributed by atoms with Crippen molar-refractivity contribution >= 4 is 26.9 Å². The van der Waals surface area contributed by atoms with E-state index in [-0.39, 0.29) is 31.1 Å². The lowest BCUT2D eigenvalue weighted by molar-refractivity contribution is -0.139. The average molecular weight is 336 g/mol. The van der Waals surface area contributed by atoms with Gasteiger partial charge < -0.3 is 9.84 Å². The van der Waals surface area contributed by atoms with E-state index >= 15 is 0 Å². The molecular weight excluding hydrogens is 320 g/mol. The van der Waals surface area contributed by atoms with E-state index in [0.717, 1.165) is 0 Å². The number of hydrogen-bond acceptors (Lipinski definition) is 5. The molecule has 3 rings (SSSR count). The Bertz CT molecular complexity index is 831. The Morgan fingerprint density at radius 1 is 1.35 bits per heavy atom. The molecule has 1 aromatic heterocycles. The van der Waals surface area contributed by atoms with Gasteiger partial charge in [-0.3, -0.25) is 9.78 Å². The minimum absolute atomic E-state index is 0.0779. The lowest BCUT2D eigenvalue weighted by Crippen LogP contribution is -2.49. The van der Waals surface area contributed by atoms with Gasteiger partial charge >= 0.3 is 5.97 Å². The van der Waals surface area contributed by atoms with Crippen molar-refractivity contribution in [3.05, 3.63) is 36.5 Å². The number of aromatic nitrogens is 1. The Balaban J connectivity index is 2.06. The second-order valence-corrected chi connectivity index (χ2v) is 7.13. The van der Waals surface area contributed by atoms with Crippen molar-refractivity contribution < 1.29 is 23.1 Å². The zero-order valence-electron chi connectivity index (χ0n) is 12.3. The van der Waals surface area contributed by atoms with Crippen LogP contribution in [-0.4, -0.2) is 54.6 Å². The number of pyridine rings is 1. The third kappa shape index (κ3) is 3.05. The van der Waals surface area contributed by atoms with Crippen LogP contribution < -0.4 is 0 Å². The maximum absolute atomic E-state index is 13.0. The smallest absolute Gasteiger partial charge is 0.305 e. The maximum atomic E-state index is 13.0. The van der Waals surface area contributed by atoms with Crippen molar-refractivity contribution in [3.63, 3.8) is 0 Å². The van der Waals surface area contributed by atoms with Crippen LogP contribution in [0, 0.1) is 0 Å². The Hall–Kier alpha value is -2.03. The highest BCUT2D eigenvalue weighted by atomic mass is 32.2. The predicted molar refractivity (Wildman–Crippen MR) is 82.5 cm³/mol. The van der Waals surface area contributed by atoms with Crippen LogP contribution >= 0.6 is 0 Å². The number of sulfonamides is 1. The second kappa shape index (κ2) is 6.23. The number of carbonyl (C=O) groups is 1. The summed E-state index contributed by atoms with van der Waals surface area (Å²) in [6.07, 6.45) is 1.31. The van der Waals surface area contributed by atoms with Gasteiger partial charge in [-0.25, -0.2) is 8.42 Å². The molecule has 7 nitrogen and oxygen atoms in total. The average Bonchev–Trinajstić information content (AvgIpc) is 2.54. The number of fused-ring (bicyclic) bond motifs is 1. The summed E-state index contributed by atoms with van der Waals surface area (Å²) in [5, 5.41) is 9.53. The van der Waals surface area contributed by atoms with E-state index < -0.39 is 22.0 Å². The van der Waals surface area contributed by atoms with Crippen LogP contribution in [-0.2, 0) is 19.6 Å². The number of nitrogens with zero attached hydrogens (tertiary/aromatic N) is 2. The summed E-state index contributed by atoms with van der Waals surface area (Å²) < 4.78 is 32.6. The fourth-order valence-electron chi connectivity index (χ4n) is 2.74. The zero-order chi connectivity index (χ0) is 16.4. The molecule has 8 heteroatoms. The predicted octanol–water partition coefficient (Wildman–Crippen LogP) is 1.10. The molecule has 23 heavy (non-hydrogen) atoms. The number of morpholine rings is 1. The van der Waals surface area contributed by atoms with Crippen molar-refractivity contribution in [1.82, 2.24) is 9.29 Å². The van der Waals surface area contributed by atoms with Crippen LogP contribution in [0.4, 0.5) is 0 Å². The number of aliphatic carboxylic acids is 1. The molecule has 0 spiro atoms. The summed E-state index contributed by atoms with van der Waals surface area (Å²) in [6.45, 7) is 0.462. The van der Waals surface area contributed by atoms with Gasteiger partial charge in [-0.1, -0.05) is 6.07 Å². The van der Waals surface area contributed by atoms with Gasteiger partial charge in [0.15, 0.2) is 0 Å². The van der Waals surface area contributed by atoms with Gasteiger partial charge in [0, 0.05) is 18.1 Å². The van der Waals surface area contributed by atoms with E-state index in [1.165, 1.54) is 10.4 Å². The van der Waals surface area contributed by atoms with Crippen LogP contribution in [0.3, 0.4) is 0 Å². The number of ether oxygens (including phenoxy) is 1. The number of benzene rings is 1. The van der Waals surface area contributed by atoms with Gasteiger partial charge in [-0.05, 0) is 24.3 Å². The first kappa shape index (κ1) is 15.9. The van der Waals surface area contributed by atoms with E-state index in [2.05, 4.69) is 4.98 Å². The van der Waals surface area contributed by atoms with Crippen molar-refractivity contribution in [2.24, 2.45) is 0 Å². The minimum Gasteiger partial charge on any atom is -0.481 e. The highest BCUT2D eigenvalue weighted by Gasteiger charge is 2.36.